The van der Waals surface area contributed by atoms with Crippen molar-refractivity contribution in [3.8, 4) is 11.1 Å². The zero-order valence-corrected chi connectivity index (χ0v) is 54.2. The molecule has 9 rings (SSSR count). The zero-order chi connectivity index (χ0) is 63.9. The molecule has 90 heavy (non-hydrogen) atoms. The van der Waals surface area contributed by atoms with Crippen molar-refractivity contribution in [2.24, 2.45) is 16.2 Å². The highest BCUT2D eigenvalue weighted by Gasteiger charge is 2.59. The van der Waals surface area contributed by atoms with Crippen LogP contribution < -0.4 is 10.2 Å². The molecule has 4 aliphatic rings. The number of benzene rings is 2. The van der Waals surface area contributed by atoms with E-state index >= 15 is 0 Å². The van der Waals surface area contributed by atoms with E-state index < -0.39 is 27.4 Å². The van der Waals surface area contributed by atoms with Crippen molar-refractivity contribution in [3.05, 3.63) is 101 Å². The number of imide groups is 1. The number of nitrogens with zero attached hydrogens (tertiary/aromatic N) is 7. The van der Waals surface area contributed by atoms with E-state index in [1.165, 1.54) is 23.5 Å². The van der Waals surface area contributed by atoms with Crippen molar-refractivity contribution in [2.75, 3.05) is 135 Å². The number of rotatable bonds is 37. The molecule has 3 unspecified atom stereocenters. The first-order valence-electron chi connectivity index (χ1n) is 31.3. The van der Waals surface area contributed by atoms with Crippen LogP contribution in [0.2, 0.25) is 0 Å². The van der Waals surface area contributed by atoms with Gasteiger partial charge < -0.3 is 43.2 Å². The van der Waals surface area contributed by atoms with E-state index in [1.54, 1.807) is 6.20 Å². The third-order valence-corrected chi connectivity index (χ3v) is 19.1. The van der Waals surface area contributed by atoms with Crippen LogP contribution in [0.4, 0.5) is 10.9 Å². The Morgan fingerprint density at radius 2 is 1.41 bits per heavy atom. The molecule has 0 radical (unpaired) electrons. The topological polar surface area (TPSA) is 273 Å². The maximum Gasteiger partial charge on any atom is 0.355 e. The third-order valence-electron chi connectivity index (χ3n) is 17.5. The number of thiazole rings is 1. The van der Waals surface area contributed by atoms with Crippen LogP contribution in [0.3, 0.4) is 0 Å². The lowest BCUT2D eigenvalue weighted by Gasteiger charge is -2.62. The van der Waals surface area contributed by atoms with Crippen molar-refractivity contribution in [1.82, 2.24) is 29.5 Å². The van der Waals surface area contributed by atoms with Crippen LogP contribution in [-0.4, -0.2) is 201 Å². The number of hydrogen-bond donors (Lipinski definition) is 3. The summed E-state index contributed by atoms with van der Waals surface area (Å²) in [7, 11) is -4.20. The Morgan fingerprint density at radius 3 is 2.07 bits per heavy atom. The van der Waals surface area contributed by atoms with E-state index in [2.05, 4.69) is 38.0 Å². The highest BCUT2D eigenvalue weighted by molar-refractivity contribution is 7.85. The molecule has 2 saturated carbocycles. The van der Waals surface area contributed by atoms with Gasteiger partial charge in [-0.3, -0.25) is 38.7 Å². The van der Waals surface area contributed by atoms with Crippen LogP contribution in [0.5, 0.6) is 0 Å². The highest BCUT2D eigenvalue weighted by atomic mass is 32.2. The fourth-order valence-electron chi connectivity index (χ4n) is 14.2. The number of hydrogen-bond acceptors (Lipinski definition) is 19. The van der Waals surface area contributed by atoms with Crippen LogP contribution in [0, 0.1) is 23.2 Å². The minimum atomic E-state index is -4.20. The van der Waals surface area contributed by atoms with E-state index in [0.717, 1.165) is 70.5 Å². The molecule has 2 bridgehead atoms. The second-order valence-corrected chi connectivity index (χ2v) is 27.9. The number of anilines is 2. The van der Waals surface area contributed by atoms with Gasteiger partial charge in [0.15, 0.2) is 10.8 Å². The molecule has 490 valence electrons. The normalized spacial score (nSPS) is 20.6. The van der Waals surface area contributed by atoms with Crippen molar-refractivity contribution in [1.29, 1.82) is 0 Å². The van der Waals surface area contributed by atoms with Gasteiger partial charge in [-0.1, -0.05) is 63.3 Å². The molecular weight excluding hydrogens is 1200 g/mol. The van der Waals surface area contributed by atoms with Crippen LogP contribution in [0.1, 0.15) is 110 Å². The number of aromatic nitrogens is 4. The van der Waals surface area contributed by atoms with Crippen LogP contribution >= 0.6 is 11.3 Å². The molecule has 2 aromatic carbocycles. The van der Waals surface area contributed by atoms with Crippen molar-refractivity contribution in [2.45, 2.75) is 105 Å². The van der Waals surface area contributed by atoms with E-state index in [4.69, 9.17) is 43.2 Å². The zero-order valence-electron chi connectivity index (χ0n) is 52.6. The smallest absolute Gasteiger partial charge is 0.355 e. The van der Waals surface area contributed by atoms with Crippen molar-refractivity contribution < 1.29 is 70.4 Å². The van der Waals surface area contributed by atoms with Gasteiger partial charge in [-0.05, 0) is 116 Å². The van der Waals surface area contributed by atoms with Crippen molar-refractivity contribution >= 4 is 66.3 Å². The number of carboxylic acids is 1. The molecule has 0 spiro atoms. The number of carbonyl (C=O) groups excluding carboxylic acids is 3. The van der Waals surface area contributed by atoms with Gasteiger partial charge in [0.1, 0.15) is 5.82 Å². The minimum Gasteiger partial charge on any atom is -0.476 e. The first kappa shape index (κ1) is 68.3. The van der Waals surface area contributed by atoms with Gasteiger partial charge in [-0.2, -0.15) is 13.5 Å². The summed E-state index contributed by atoms with van der Waals surface area (Å²) in [4.78, 5) is 64.6. The van der Waals surface area contributed by atoms with Gasteiger partial charge in [-0.15, -0.1) is 0 Å². The highest BCUT2D eigenvalue weighted by Crippen LogP contribution is 2.64. The first-order chi connectivity index (χ1) is 43.1. The average molecular weight is 1290 g/mol. The van der Waals surface area contributed by atoms with Gasteiger partial charge >= 0.3 is 5.97 Å². The fraction of sp³-hybridized carbons (Fsp3) is 0.585. The van der Waals surface area contributed by atoms with Gasteiger partial charge in [-0.25, -0.2) is 14.8 Å². The molecule has 3 aromatic heterocycles. The number of carbonyl (C=O) groups is 4. The Hall–Kier alpha value is -6.10. The number of nitrogens with one attached hydrogen (secondary N) is 1. The molecule has 2 aliphatic heterocycles. The first-order valence-corrected chi connectivity index (χ1v) is 33.7. The average Bonchev–Trinajstić information content (AvgIpc) is 0.745. The molecule has 3 amide bonds. The largest absolute Gasteiger partial charge is 0.476 e. The van der Waals surface area contributed by atoms with Crippen LogP contribution in [0.25, 0.3) is 21.3 Å². The fourth-order valence-corrected chi connectivity index (χ4v) is 15.5. The Kier molecular flexibility index (Phi) is 23.5. The van der Waals surface area contributed by atoms with Gasteiger partial charge in [0.25, 0.3) is 27.8 Å². The summed E-state index contributed by atoms with van der Waals surface area (Å²) in [5, 5.41) is 19.2. The number of pyridine rings is 1. The lowest BCUT2D eigenvalue weighted by atomic mass is 9.47. The standard InChI is InChI=1S/C65H88N8O15S2/c1-6-64(46-73-47(2)51(39-66-73)49-15-16-55(68-58(49)60(77)78)71-21-19-48-11-9-12-50(52(48)40-71)59(76)69-61-67-53-13-7-8-14-54(53)89-61)43-63(5)41-62(3,4)42-65(44-63,45-64)88-27-22-70(24-38-90(79,80)81)20-10-25-82-28-30-84-32-34-86-36-37-87-35-33-85-31-29-83-26-23-72-56(74)17-18-57(72)75/h7-9,11-18,39H,6,10,19-38,40-46H2,1-5H3,(H,77,78)(H,67,69,76)(H,79,80,81). The predicted octanol–water partition coefficient (Wildman–Crippen LogP) is 8.14. The molecular formula is C65H88N8O15S2. The predicted molar refractivity (Wildman–Crippen MR) is 341 cm³/mol. The molecule has 0 saturated heterocycles. The molecule has 5 aromatic rings. The molecule has 3 N–H and O–H groups in total. The summed E-state index contributed by atoms with van der Waals surface area (Å²) < 4.78 is 77.4. The summed E-state index contributed by atoms with van der Waals surface area (Å²) in [6.45, 7) is 19.1. The maximum absolute atomic E-state index is 13.8. The van der Waals surface area contributed by atoms with Crippen LogP contribution in [0.15, 0.2) is 72.9 Å². The summed E-state index contributed by atoms with van der Waals surface area (Å²) in [5.74, 6) is -1.95. The SMILES string of the molecule is CCC1(Cn2ncc(-c3ccc(N4CCc5cccc(C(=O)Nc6nc7ccccc7s6)c5C4)nc3C(=O)O)c2C)CC2(C)CC(C)(C)CC(OCCN(CCCOCCOCCOCCOCCOCCOCCN3C(=O)C=CC3=O)CCS(=O)(=O)O)(C2)C1. The third kappa shape index (κ3) is 18.6. The number of para-hydroxylation sites is 1. The summed E-state index contributed by atoms with van der Waals surface area (Å²) >= 11 is 1.42. The van der Waals surface area contributed by atoms with E-state index in [-0.39, 0.29) is 59.4 Å². The second-order valence-electron chi connectivity index (χ2n) is 25.3. The number of amides is 3. The van der Waals surface area contributed by atoms with Crippen LogP contribution in [-0.2, 0) is 72.4 Å². The van der Waals surface area contributed by atoms with Gasteiger partial charge in [0.2, 0.25) is 0 Å². The molecule has 2 fully saturated rings. The number of aromatic carboxylic acids is 1. The van der Waals surface area contributed by atoms with E-state index in [1.807, 2.05) is 76.0 Å². The monoisotopic (exact) mass is 1280 g/mol. The summed E-state index contributed by atoms with van der Waals surface area (Å²) in [6, 6.07) is 17.2. The summed E-state index contributed by atoms with van der Waals surface area (Å²) in [6.07, 6.45) is 10.9. The van der Waals surface area contributed by atoms with Gasteiger partial charge in [0.05, 0.1) is 114 Å². The van der Waals surface area contributed by atoms with Crippen molar-refractivity contribution in [3.63, 3.8) is 0 Å². The number of fused-ring (bicyclic) bond motifs is 4. The maximum atomic E-state index is 13.8. The molecule has 5 heterocycles. The van der Waals surface area contributed by atoms with E-state index in [0.29, 0.717) is 152 Å². The number of carboxylic acid groups (broad SMARTS) is 1. The molecule has 2 aliphatic carbocycles. The molecule has 25 heteroatoms. The molecule has 23 nitrogen and oxygen atoms in total. The Labute approximate surface area is 531 Å². The lowest BCUT2D eigenvalue weighted by Crippen LogP contribution is -2.58. The quantitative estimate of drug-likeness (QED) is 0.0192. The number of ether oxygens (including phenoxy) is 7. The van der Waals surface area contributed by atoms with Gasteiger partial charge in [0, 0.05) is 80.4 Å². The lowest BCUT2D eigenvalue weighted by molar-refractivity contribution is -0.198. The Morgan fingerprint density at radius 1 is 0.744 bits per heavy atom. The second kappa shape index (κ2) is 31.0. The Bertz CT molecular complexity index is 3370. The summed E-state index contributed by atoms with van der Waals surface area (Å²) in [5.41, 5.74) is 4.50. The van der Waals surface area contributed by atoms with E-state index in [9.17, 15) is 37.3 Å². The Balaban J connectivity index is 0.728. The minimum absolute atomic E-state index is 0.00708. The molecule has 3 atom stereocenters.